The molecule has 1 aromatic carbocycles. The van der Waals surface area contributed by atoms with Crippen LogP contribution in [0.4, 0.5) is 11.4 Å². The maximum atomic E-state index is 12.7. The van der Waals surface area contributed by atoms with Crippen LogP contribution in [-0.2, 0) is 27.2 Å². The van der Waals surface area contributed by atoms with Gasteiger partial charge in [-0.3, -0.25) is 4.79 Å². The first-order chi connectivity index (χ1) is 14.6. The van der Waals surface area contributed by atoms with Crippen molar-refractivity contribution < 1.29 is 19.1 Å². The second-order valence-electron chi connectivity index (χ2n) is 7.23. The maximum Gasteiger partial charge on any atom is 0.356 e. The molecule has 0 aliphatic carbocycles. The average Bonchev–Trinajstić information content (AvgIpc) is 3.40. The van der Waals surface area contributed by atoms with E-state index < -0.39 is 12.1 Å². The Balaban J connectivity index is 1.78. The predicted octanol–water partition coefficient (Wildman–Crippen LogP) is 2.77. The van der Waals surface area contributed by atoms with Crippen LogP contribution in [0.5, 0.6) is 0 Å². The summed E-state index contributed by atoms with van der Waals surface area (Å²) in [6.07, 6.45) is 3.16. The topological polar surface area (TPSA) is 108 Å². The molecule has 0 bridgehead atoms. The van der Waals surface area contributed by atoms with Gasteiger partial charge in [0.2, 0.25) is 0 Å². The molecule has 3 aromatic rings. The summed E-state index contributed by atoms with van der Waals surface area (Å²) in [6.45, 7) is 1.03. The van der Waals surface area contributed by atoms with Crippen molar-refractivity contribution in [2.45, 2.75) is 31.9 Å². The van der Waals surface area contributed by atoms with Crippen molar-refractivity contribution >= 4 is 34.3 Å². The molecular formula is C22H24N4O4. The van der Waals surface area contributed by atoms with E-state index in [0.717, 1.165) is 12.0 Å². The molecular weight excluding hydrogens is 384 g/mol. The minimum atomic E-state index is -0.553. The molecule has 156 valence electrons. The molecule has 1 aliphatic rings. The Morgan fingerprint density at radius 1 is 1.33 bits per heavy atom. The van der Waals surface area contributed by atoms with Crippen LogP contribution in [0.15, 0.2) is 42.6 Å². The molecule has 2 aromatic heterocycles. The van der Waals surface area contributed by atoms with Crippen LogP contribution in [0.1, 0.15) is 28.9 Å². The normalized spacial score (nSPS) is 16.0. The third-order valence-corrected chi connectivity index (χ3v) is 5.24. The van der Waals surface area contributed by atoms with Gasteiger partial charge >= 0.3 is 5.97 Å². The highest BCUT2D eigenvalue weighted by atomic mass is 16.5. The van der Waals surface area contributed by atoms with E-state index in [-0.39, 0.29) is 11.6 Å². The van der Waals surface area contributed by atoms with Gasteiger partial charge in [-0.25, -0.2) is 9.78 Å². The number of hydrogen-bond acceptors (Lipinski definition) is 6. The van der Waals surface area contributed by atoms with Crippen molar-refractivity contribution in [2.75, 3.05) is 24.8 Å². The first-order valence-electron chi connectivity index (χ1n) is 9.91. The van der Waals surface area contributed by atoms with E-state index in [1.165, 1.54) is 13.3 Å². The quantitative estimate of drug-likeness (QED) is 0.607. The number of nitrogens with two attached hydrogens (primary N) is 1. The van der Waals surface area contributed by atoms with Gasteiger partial charge in [0.15, 0.2) is 5.69 Å². The third-order valence-electron chi connectivity index (χ3n) is 5.24. The number of nitrogen functional groups attached to an aromatic ring is 1. The number of carbonyl (C=O) groups excluding carboxylic acids is 2. The van der Waals surface area contributed by atoms with Gasteiger partial charge in [0, 0.05) is 18.5 Å². The van der Waals surface area contributed by atoms with Crippen molar-refractivity contribution in [1.29, 1.82) is 0 Å². The zero-order chi connectivity index (χ0) is 21.1. The summed E-state index contributed by atoms with van der Waals surface area (Å²) in [7, 11) is 1.31. The molecule has 0 unspecified atom stereocenters. The van der Waals surface area contributed by atoms with Gasteiger partial charge in [-0.05, 0) is 30.9 Å². The molecule has 3 heterocycles. The lowest BCUT2D eigenvalue weighted by atomic mass is 10.1. The molecule has 1 saturated heterocycles. The number of nitrogens with one attached hydrogen (secondary N) is 1. The monoisotopic (exact) mass is 408 g/mol. The number of aryl methyl sites for hydroxylation is 2. The number of nitrogens with zero attached hydrogens (tertiary/aromatic N) is 2. The molecule has 1 atom stereocenters. The largest absolute Gasteiger partial charge is 0.464 e. The van der Waals surface area contributed by atoms with Gasteiger partial charge in [0.25, 0.3) is 5.91 Å². The molecule has 4 rings (SSSR count). The molecule has 0 saturated carbocycles. The SMILES string of the molecule is COC(=O)c1c(NC(=O)[C@@H]2CCCO2)c2cc(N)cnc2n1CCc1ccccc1. The third kappa shape index (κ3) is 3.86. The number of ether oxygens (including phenoxy) is 2. The molecule has 0 radical (unpaired) electrons. The summed E-state index contributed by atoms with van der Waals surface area (Å²) in [4.78, 5) is 29.9. The van der Waals surface area contributed by atoms with Crippen molar-refractivity contribution in [3.05, 3.63) is 53.9 Å². The van der Waals surface area contributed by atoms with Gasteiger partial charge in [-0.2, -0.15) is 0 Å². The van der Waals surface area contributed by atoms with Crippen molar-refractivity contribution in [1.82, 2.24) is 9.55 Å². The Labute approximate surface area is 174 Å². The number of fused-ring (bicyclic) bond motifs is 1. The van der Waals surface area contributed by atoms with Gasteiger partial charge < -0.3 is 25.1 Å². The summed E-state index contributed by atoms with van der Waals surface area (Å²) < 4.78 is 12.3. The summed E-state index contributed by atoms with van der Waals surface area (Å²) >= 11 is 0. The van der Waals surface area contributed by atoms with Gasteiger partial charge in [-0.15, -0.1) is 0 Å². The lowest BCUT2D eigenvalue weighted by molar-refractivity contribution is -0.124. The van der Waals surface area contributed by atoms with Crippen molar-refractivity contribution in [3.63, 3.8) is 0 Å². The molecule has 30 heavy (non-hydrogen) atoms. The Bertz CT molecular complexity index is 1070. The molecule has 1 amide bonds. The van der Waals surface area contributed by atoms with E-state index in [0.29, 0.717) is 48.4 Å². The number of benzene rings is 1. The number of amides is 1. The zero-order valence-electron chi connectivity index (χ0n) is 16.8. The van der Waals surface area contributed by atoms with E-state index in [1.54, 1.807) is 10.6 Å². The van der Waals surface area contributed by atoms with Crippen LogP contribution in [-0.4, -0.2) is 41.2 Å². The molecule has 1 fully saturated rings. The Morgan fingerprint density at radius 3 is 2.83 bits per heavy atom. The van der Waals surface area contributed by atoms with E-state index in [9.17, 15) is 9.59 Å². The fourth-order valence-corrected chi connectivity index (χ4v) is 3.77. The highest BCUT2D eigenvalue weighted by Crippen LogP contribution is 2.33. The lowest BCUT2D eigenvalue weighted by Crippen LogP contribution is -2.28. The number of rotatable bonds is 6. The summed E-state index contributed by atoms with van der Waals surface area (Å²) in [5.41, 5.74) is 8.66. The smallest absolute Gasteiger partial charge is 0.356 e. The molecule has 8 nitrogen and oxygen atoms in total. The van der Waals surface area contributed by atoms with Crippen LogP contribution in [0.3, 0.4) is 0 Å². The minimum Gasteiger partial charge on any atom is -0.464 e. The predicted molar refractivity (Wildman–Crippen MR) is 113 cm³/mol. The molecule has 8 heteroatoms. The van der Waals surface area contributed by atoms with Crippen LogP contribution in [0.2, 0.25) is 0 Å². The first-order valence-corrected chi connectivity index (χ1v) is 9.91. The van der Waals surface area contributed by atoms with Gasteiger partial charge in [0.1, 0.15) is 11.8 Å². The number of pyridine rings is 1. The molecule has 1 aliphatic heterocycles. The Kier molecular flexibility index (Phi) is 5.67. The highest BCUT2D eigenvalue weighted by molar-refractivity contribution is 6.11. The fourth-order valence-electron chi connectivity index (χ4n) is 3.77. The van der Waals surface area contributed by atoms with Crippen LogP contribution in [0.25, 0.3) is 11.0 Å². The number of hydrogen-bond donors (Lipinski definition) is 2. The first kappa shape index (κ1) is 19.9. The number of aromatic nitrogens is 2. The lowest BCUT2D eigenvalue weighted by Gasteiger charge is -2.13. The minimum absolute atomic E-state index is 0.243. The van der Waals surface area contributed by atoms with Crippen LogP contribution in [0, 0.1) is 0 Å². The van der Waals surface area contributed by atoms with Crippen LogP contribution < -0.4 is 11.1 Å². The Hall–Kier alpha value is -3.39. The standard InChI is InChI=1S/C22H24N4O4/c1-29-22(28)19-18(25-21(27)17-8-5-11-30-17)16-12-15(23)13-24-20(16)26(19)10-9-14-6-3-2-4-7-14/h2-4,6-7,12-13,17H,5,8-11,23H2,1H3,(H,25,27)/t17-/m0/s1. The van der Waals surface area contributed by atoms with Crippen molar-refractivity contribution in [2.24, 2.45) is 0 Å². The summed E-state index contributed by atoms with van der Waals surface area (Å²) in [6, 6.07) is 11.6. The summed E-state index contributed by atoms with van der Waals surface area (Å²) in [5, 5.41) is 3.47. The van der Waals surface area contributed by atoms with Gasteiger partial charge in [-0.1, -0.05) is 30.3 Å². The van der Waals surface area contributed by atoms with E-state index >= 15 is 0 Å². The number of carbonyl (C=O) groups is 2. The van der Waals surface area contributed by atoms with E-state index in [2.05, 4.69) is 10.3 Å². The molecule has 3 N–H and O–H groups in total. The zero-order valence-corrected chi connectivity index (χ0v) is 16.8. The van der Waals surface area contributed by atoms with Crippen LogP contribution >= 0.6 is 0 Å². The van der Waals surface area contributed by atoms with E-state index in [4.69, 9.17) is 15.2 Å². The summed E-state index contributed by atoms with van der Waals surface area (Å²) in [5.74, 6) is -0.843. The van der Waals surface area contributed by atoms with Gasteiger partial charge in [0.05, 0.1) is 24.7 Å². The van der Waals surface area contributed by atoms with Crippen molar-refractivity contribution in [3.8, 4) is 0 Å². The Morgan fingerprint density at radius 2 is 2.13 bits per heavy atom. The number of anilines is 2. The average molecular weight is 408 g/mol. The molecule has 0 spiro atoms. The number of methoxy groups -OCH3 is 1. The highest BCUT2D eigenvalue weighted by Gasteiger charge is 2.29. The maximum absolute atomic E-state index is 12.7. The second-order valence-corrected chi connectivity index (χ2v) is 7.23. The second kappa shape index (κ2) is 8.54. The number of esters is 1. The van der Waals surface area contributed by atoms with E-state index in [1.807, 2.05) is 30.3 Å². The fraction of sp³-hybridized carbons (Fsp3) is 0.318.